The summed E-state index contributed by atoms with van der Waals surface area (Å²) in [6.07, 6.45) is 6.82. The van der Waals surface area contributed by atoms with E-state index in [-0.39, 0.29) is 0 Å². The molecule has 1 N–H and O–H groups in total. The van der Waals surface area contributed by atoms with Crippen molar-refractivity contribution in [3.63, 3.8) is 0 Å². The molecule has 0 aliphatic heterocycles. The lowest BCUT2D eigenvalue weighted by molar-refractivity contribution is 0.213. The fourth-order valence-electron chi connectivity index (χ4n) is 3.64. The van der Waals surface area contributed by atoms with E-state index in [1.54, 1.807) is 0 Å². The summed E-state index contributed by atoms with van der Waals surface area (Å²) in [6, 6.07) is 10.1. The van der Waals surface area contributed by atoms with Crippen LogP contribution in [0.1, 0.15) is 77.0 Å². The van der Waals surface area contributed by atoms with Gasteiger partial charge < -0.3 is 5.32 Å². The number of hydrogen-bond acceptors (Lipinski definition) is 1. The molecule has 2 rings (SSSR count). The van der Waals surface area contributed by atoms with Gasteiger partial charge in [-0.2, -0.15) is 0 Å². The number of aryl methyl sites for hydroxylation is 1. The van der Waals surface area contributed by atoms with Crippen LogP contribution in [-0.4, -0.2) is 6.04 Å². The minimum absolute atomic E-state index is 0.460. The first kappa shape index (κ1) is 16.5. The SMILES string of the molecule is Cc1ccc([C@H](C)NC2CCCC(C(C)(C)C)CC2)cc1. The van der Waals surface area contributed by atoms with Gasteiger partial charge in [-0.25, -0.2) is 0 Å². The molecule has 1 fully saturated rings. The number of rotatable bonds is 3. The van der Waals surface area contributed by atoms with E-state index in [0.717, 1.165) is 5.92 Å². The second-order valence-electron chi connectivity index (χ2n) is 8.07. The Bertz CT molecular complexity index is 426. The van der Waals surface area contributed by atoms with Gasteiger partial charge in [0.25, 0.3) is 0 Å². The molecule has 21 heavy (non-hydrogen) atoms. The van der Waals surface area contributed by atoms with E-state index in [0.29, 0.717) is 17.5 Å². The minimum atomic E-state index is 0.460. The summed E-state index contributed by atoms with van der Waals surface area (Å²) < 4.78 is 0. The molecule has 0 saturated heterocycles. The minimum Gasteiger partial charge on any atom is -0.307 e. The molecule has 2 unspecified atom stereocenters. The highest BCUT2D eigenvalue weighted by molar-refractivity contribution is 5.23. The highest BCUT2D eigenvalue weighted by Gasteiger charge is 2.28. The summed E-state index contributed by atoms with van der Waals surface area (Å²) in [7, 11) is 0. The predicted octanol–water partition coefficient (Wildman–Crippen LogP) is 5.64. The highest BCUT2D eigenvalue weighted by atomic mass is 14.9. The van der Waals surface area contributed by atoms with E-state index in [1.165, 1.54) is 43.2 Å². The van der Waals surface area contributed by atoms with Crippen molar-refractivity contribution in [2.45, 2.75) is 78.8 Å². The largest absolute Gasteiger partial charge is 0.307 e. The Hall–Kier alpha value is -0.820. The van der Waals surface area contributed by atoms with Crippen LogP contribution in [0.4, 0.5) is 0 Å². The third-order valence-electron chi connectivity index (χ3n) is 5.26. The van der Waals surface area contributed by atoms with E-state index in [4.69, 9.17) is 0 Å². The number of benzene rings is 1. The van der Waals surface area contributed by atoms with E-state index < -0.39 is 0 Å². The van der Waals surface area contributed by atoms with E-state index in [9.17, 15) is 0 Å². The van der Waals surface area contributed by atoms with Crippen LogP contribution in [0, 0.1) is 18.3 Å². The van der Waals surface area contributed by atoms with Crippen LogP contribution in [0.15, 0.2) is 24.3 Å². The summed E-state index contributed by atoms with van der Waals surface area (Å²) in [5, 5.41) is 3.87. The first-order valence-electron chi connectivity index (χ1n) is 8.69. The summed E-state index contributed by atoms with van der Waals surface area (Å²) in [4.78, 5) is 0. The van der Waals surface area contributed by atoms with E-state index in [1.807, 2.05) is 0 Å². The van der Waals surface area contributed by atoms with Crippen LogP contribution >= 0.6 is 0 Å². The third kappa shape index (κ3) is 4.85. The van der Waals surface area contributed by atoms with Crippen LogP contribution in [0.5, 0.6) is 0 Å². The predicted molar refractivity (Wildman–Crippen MR) is 92.5 cm³/mol. The number of nitrogens with one attached hydrogen (secondary N) is 1. The summed E-state index contributed by atoms with van der Waals surface area (Å²) in [6.45, 7) is 11.7. The smallest absolute Gasteiger partial charge is 0.0294 e. The molecule has 0 heterocycles. The molecule has 1 aliphatic rings. The first-order chi connectivity index (χ1) is 9.86. The van der Waals surface area contributed by atoms with Crippen molar-refractivity contribution >= 4 is 0 Å². The molecule has 0 bridgehead atoms. The van der Waals surface area contributed by atoms with Crippen molar-refractivity contribution in [2.75, 3.05) is 0 Å². The monoisotopic (exact) mass is 287 g/mol. The topological polar surface area (TPSA) is 12.0 Å². The fourth-order valence-corrected chi connectivity index (χ4v) is 3.64. The summed E-state index contributed by atoms with van der Waals surface area (Å²) >= 11 is 0. The fraction of sp³-hybridized carbons (Fsp3) is 0.700. The second kappa shape index (κ2) is 6.96. The van der Waals surface area contributed by atoms with Crippen molar-refractivity contribution < 1.29 is 0 Å². The summed E-state index contributed by atoms with van der Waals surface area (Å²) in [5.74, 6) is 0.888. The normalized spacial score (nSPS) is 25.4. The quantitative estimate of drug-likeness (QED) is 0.709. The van der Waals surface area contributed by atoms with Crippen molar-refractivity contribution in [1.82, 2.24) is 5.32 Å². The average molecular weight is 287 g/mol. The molecule has 0 amide bonds. The maximum Gasteiger partial charge on any atom is 0.0294 e. The molecule has 1 aliphatic carbocycles. The average Bonchev–Trinajstić information content (AvgIpc) is 2.64. The molecule has 1 aromatic carbocycles. The third-order valence-corrected chi connectivity index (χ3v) is 5.26. The lowest BCUT2D eigenvalue weighted by atomic mass is 9.76. The maximum atomic E-state index is 3.87. The summed E-state index contributed by atoms with van der Waals surface area (Å²) in [5.41, 5.74) is 3.22. The second-order valence-corrected chi connectivity index (χ2v) is 8.07. The van der Waals surface area contributed by atoms with Crippen LogP contribution in [0.2, 0.25) is 0 Å². The van der Waals surface area contributed by atoms with Crippen molar-refractivity contribution in [2.24, 2.45) is 11.3 Å². The molecular weight excluding hydrogens is 254 g/mol. The molecule has 0 spiro atoms. The van der Waals surface area contributed by atoms with Crippen LogP contribution in [0.25, 0.3) is 0 Å². The molecule has 1 heteroatoms. The van der Waals surface area contributed by atoms with Gasteiger partial charge in [-0.3, -0.25) is 0 Å². The Kier molecular flexibility index (Phi) is 5.48. The van der Waals surface area contributed by atoms with Crippen LogP contribution in [0.3, 0.4) is 0 Å². The maximum absolute atomic E-state index is 3.87. The van der Waals surface area contributed by atoms with Gasteiger partial charge in [0.1, 0.15) is 0 Å². The zero-order valence-corrected chi connectivity index (χ0v) is 14.6. The molecular formula is C20H33N. The Morgan fingerprint density at radius 3 is 2.29 bits per heavy atom. The van der Waals surface area contributed by atoms with Crippen molar-refractivity contribution in [3.05, 3.63) is 35.4 Å². The molecule has 118 valence electrons. The zero-order valence-electron chi connectivity index (χ0n) is 14.6. The Morgan fingerprint density at radius 1 is 1.00 bits per heavy atom. The lowest BCUT2D eigenvalue weighted by Gasteiger charge is -2.30. The van der Waals surface area contributed by atoms with Gasteiger partial charge in [-0.05, 0) is 56.4 Å². The molecule has 3 atom stereocenters. The van der Waals surface area contributed by atoms with E-state index in [2.05, 4.69) is 64.2 Å². The van der Waals surface area contributed by atoms with Gasteiger partial charge in [-0.1, -0.05) is 57.0 Å². The van der Waals surface area contributed by atoms with Gasteiger partial charge >= 0.3 is 0 Å². The lowest BCUT2D eigenvalue weighted by Crippen LogP contribution is -2.31. The Labute approximate surface area is 131 Å². The van der Waals surface area contributed by atoms with Gasteiger partial charge in [0, 0.05) is 12.1 Å². The molecule has 1 saturated carbocycles. The van der Waals surface area contributed by atoms with Gasteiger partial charge in [0.15, 0.2) is 0 Å². The highest BCUT2D eigenvalue weighted by Crippen LogP contribution is 2.37. The Balaban J connectivity index is 1.90. The van der Waals surface area contributed by atoms with Crippen LogP contribution in [-0.2, 0) is 0 Å². The van der Waals surface area contributed by atoms with Gasteiger partial charge in [0.2, 0.25) is 0 Å². The number of hydrogen-bond donors (Lipinski definition) is 1. The van der Waals surface area contributed by atoms with E-state index >= 15 is 0 Å². The zero-order chi connectivity index (χ0) is 15.5. The standard InChI is InChI=1S/C20H33N/c1-15-9-11-17(12-10-15)16(2)21-19-8-6-7-18(13-14-19)20(3,4)5/h9-12,16,18-19,21H,6-8,13-14H2,1-5H3/t16-,18?,19?/m0/s1. The van der Waals surface area contributed by atoms with Crippen LogP contribution < -0.4 is 5.32 Å². The molecule has 1 aromatic rings. The van der Waals surface area contributed by atoms with Crippen molar-refractivity contribution in [3.8, 4) is 0 Å². The van der Waals surface area contributed by atoms with Gasteiger partial charge in [-0.15, -0.1) is 0 Å². The molecule has 0 aromatic heterocycles. The molecule has 0 radical (unpaired) electrons. The van der Waals surface area contributed by atoms with Crippen molar-refractivity contribution in [1.29, 1.82) is 0 Å². The Morgan fingerprint density at radius 2 is 1.67 bits per heavy atom. The molecule has 1 nitrogen and oxygen atoms in total. The first-order valence-corrected chi connectivity index (χ1v) is 8.69. The van der Waals surface area contributed by atoms with Gasteiger partial charge in [0.05, 0.1) is 0 Å².